The van der Waals surface area contributed by atoms with Crippen molar-refractivity contribution in [2.45, 2.75) is 58.5 Å². The molecule has 5 heteroatoms. The zero-order chi connectivity index (χ0) is 15.0. The minimum absolute atomic E-state index is 0.193. The van der Waals surface area contributed by atoms with Gasteiger partial charge in [-0.25, -0.2) is 4.98 Å². The Balaban J connectivity index is 1.61. The summed E-state index contributed by atoms with van der Waals surface area (Å²) < 4.78 is 0. The number of amides is 1. The van der Waals surface area contributed by atoms with Gasteiger partial charge in [0.05, 0.1) is 10.7 Å². The number of aryl methyl sites for hydroxylation is 2. The summed E-state index contributed by atoms with van der Waals surface area (Å²) in [6.45, 7) is 9.36. The third-order valence-corrected chi connectivity index (χ3v) is 5.81. The van der Waals surface area contributed by atoms with Crippen molar-refractivity contribution in [2.24, 2.45) is 0 Å². The van der Waals surface area contributed by atoms with Crippen LogP contribution in [0, 0.1) is 6.92 Å². The van der Waals surface area contributed by atoms with Crippen LogP contribution < -0.4 is 0 Å². The van der Waals surface area contributed by atoms with Gasteiger partial charge in [-0.1, -0.05) is 13.3 Å². The Hall–Kier alpha value is -0.940. The topological polar surface area (TPSA) is 36.4 Å². The first-order valence-electron chi connectivity index (χ1n) is 8.11. The Morgan fingerprint density at radius 1 is 1.38 bits per heavy atom. The van der Waals surface area contributed by atoms with Crippen LogP contribution in [-0.4, -0.2) is 52.4 Å². The van der Waals surface area contributed by atoms with E-state index < -0.39 is 0 Å². The molecular formula is C16H25N3OS. The number of nitrogens with zero attached hydrogens (tertiary/aromatic N) is 3. The molecule has 2 fully saturated rings. The van der Waals surface area contributed by atoms with Crippen LogP contribution in [0.25, 0.3) is 0 Å². The van der Waals surface area contributed by atoms with Crippen molar-refractivity contribution in [1.82, 2.24) is 14.8 Å². The number of carbonyl (C=O) groups is 1. The molecule has 1 unspecified atom stereocenters. The fourth-order valence-electron chi connectivity index (χ4n) is 3.51. The summed E-state index contributed by atoms with van der Waals surface area (Å²) in [5, 5.41) is 0.997. The van der Waals surface area contributed by atoms with Crippen LogP contribution in [0.3, 0.4) is 0 Å². The van der Waals surface area contributed by atoms with Crippen LogP contribution in [0.4, 0.5) is 0 Å². The highest BCUT2D eigenvalue weighted by Gasteiger charge is 2.38. The number of carbonyl (C=O) groups excluding carboxylic acids is 1. The van der Waals surface area contributed by atoms with Crippen molar-refractivity contribution < 1.29 is 4.79 Å². The molecule has 1 amide bonds. The van der Waals surface area contributed by atoms with Gasteiger partial charge in [0.25, 0.3) is 5.91 Å². The van der Waals surface area contributed by atoms with Gasteiger partial charge in [0.15, 0.2) is 0 Å². The number of hydrogen-bond donors (Lipinski definition) is 0. The van der Waals surface area contributed by atoms with Crippen molar-refractivity contribution in [3.05, 3.63) is 15.6 Å². The van der Waals surface area contributed by atoms with E-state index in [2.05, 4.69) is 23.7 Å². The van der Waals surface area contributed by atoms with Crippen molar-refractivity contribution in [3.8, 4) is 0 Å². The van der Waals surface area contributed by atoms with E-state index >= 15 is 0 Å². The van der Waals surface area contributed by atoms with Gasteiger partial charge in [-0.2, -0.15) is 0 Å². The third kappa shape index (κ3) is 2.86. The van der Waals surface area contributed by atoms with Crippen LogP contribution in [0.2, 0.25) is 0 Å². The molecule has 3 rings (SSSR count). The van der Waals surface area contributed by atoms with Gasteiger partial charge in [0, 0.05) is 25.2 Å². The Kier molecular flexibility index (Phi) is 4.31. The first-order chi connectivity index (χ1) is 10.1. The number of piperidine rings is 1. The molecule has 1 aromatic heterocycles. The lowest BCUT2D eigenvalue weighted by Gasteiger charge is -2.49. The number of rotatable bonds is 3. The SMILES string of the molecule is CCc1nc(C)sc1C(=O)N1CC(N2CCCCC2C)C1. The van der Waals surface area contributed by atoms with Gasteiger partial charge in [-0.3, -0.25) is 9.69 Å². The molecule has 0 saturated carbocycles. The first kappa shape index (κ1) is 15.0. The van der Waals surface area contributed by atoms with E-state index in [1.54, 1.807) is 11.3 Å². The summed E-state index contributed by atoms with van der Waals surface area (Å²) >= 11 is 1.55. The molecule has 0 radical (unpaired) electrons. The number of likely N-dealkylation sites (tertiary alicyclic amines) is 2. The summed E-state index contributed by atoms with van der Waals surface area (Å²) in [6, 6.07) is 1.25. The quantitative estimate of drug-likeness (QED) is 0.861. The van der Waals surface area contributed by atoms with Crippen LogP contribution in [0.1, 0.15) is 53.5 Å². The molecule has 4 nitrogen and oxygen atoms in total. The smallest absolute Gasteiger partial charge is 0.265 e. The average molecular weight is 307 g/mol. The molecule has 21 heavy (non-hydrogen) atoms. The van der Waals surface area contributed by atoms with E-state index in [9.17, 15) is 4.79 Å². The van der Waals surface area contributed by atoms with Crippen LogP contribution in [-0.2, 0) is 6.42 Å². The average Bonchev–Trinajstić information content (AvgIpc) is 2.80. The van der Waals surface area contributed by atoms with Gasteiger partial charge < -0.3 is 4.90 Å². The largest absolute Gasteiger partial charge is 0.335 e. The normalized spacial score (nSPS) is 24.1. The zero-order valence-electron chi connectivity index (χ0n) is 13.3. The fraction of sp³-hybridized carbons (Fsp3) is 0.750. The molecule has 0 aliphatic carbocycles. The first-order valence-corrected chi connectivity index (χ1v) is 8.93. The second-order valence-electron chi connectivity index (χ2n) is 6.31. The van der Waals surface area contributed by atoms with Gasteiger partial charge >= 0.3 is 0 Å². The molecule has 2 saturated heterocycles. The second-order valence-corrected chi connectivity index (χ2v) is 7.51. The lowest BCUT2D eigenvalue weighted by atomic mass is 9.97. The minimum atomic E-state index is 0.193. The van der Waals surface area contributed by atoms with Crippen molar-refractivity contribution >= 4 is 17.2 Å². The van der Waals surface area contributed by atoms with E-state index in [0.717, 1.165) is 35.1 Å². The molecule has 1 aromatic rings. The van der Waals surface area contributed by atoms with Crippen LogP contribution in [0.5, 0.6) is 0 Å². The molecule has 1 atom stereocenters. The zero-order valence-corrected chi connectivity index (χ0v) is 14.1. The third-order valence-electron chi connectivity index (χ3n) is 4.81. The maximum atomic E-state index is 12.6. The number of hydrogen-bond acceptors (Lipinski definition) is 4. The maximum Gasteiger partial charge on any atom is 0.265 e. The lowest BCUT2D eigenvalue weighted by Crippen LogP contribution is -2.63. The minimum Gasteiger partial charge on any atom is -0.335 e. The monoisotopic (exact) mass is 307 g/mol. The van der Waals surface area contributed by atoms with E-state index in [1.165, 1.54) is 25.8 Å². The van der Waals surface area contributed by atoms with Crippen molar-refractivity contribution in [2.75, 3.05) is 19.6 Å². The van der Waals surface area contributed by atoms with Crippen molar-refractivity contribution in [3.63, 3.8) is 0 Å². The van der Waals surface area contributed by atoms with Gasteiger partial charge in [0.2, 0.25) is 0 Å². The van der Waals surface area contributed by atoms with E-state index in [-0.39, 0.29) is 5.91 Å². The predicted octanol–water partition coefficient (Wildman–Crippen LogP) is 2.71. The van der Waals surface area contributed by atoms with E-state index in [0.29, 0.717) is 12.1 Å². The molecular weight excluding hydrogens is 282 g/mol. The Labute approximate surface area is 131 Å². The molecule has 0 aromatic carbocycles. The molecule has 0 bridgehead atoms. The number of aromatic nitrogens is 1. The van der Waals surface area contributed by atoms with Gasteiger partial charge in [-0.05, 0) is 39.7 Å². The Bertz CT molecular complexity index is 522. The highest BCUT2D eigenvalue weighted by molar-refractivity contribution is 7.13. The second kappa shape index (κ2) is 6.05. The summed E-state index contributed by atoms with van der Waals surface area (Å²) in [5.41, 5.74) is 0.970. The molecule has 0 N–H and O–H groups in total. The summed E-state index contributed by atoms with van der Waals surface area (Å²) in [4.78, 5) is 22.5. The van der Waals surface area contributed by atoms with Gasteiger partial charge in [-0.15, -0.1) is 11.3 Å². The highest BCUT2D eigenvalue weighted by atomic mass is 32.1. The fourth-order valence-corrected chi connectivity index (χ4v) is 4.49. The summed E-state index contributed by atoms with van der Waals surface area (Å²) in [5.74, 6) is 0.193. The Morgan fingerprint density at radius 2 is 2.14 bits per heavy atom. The maximum absolute atomic E-state index is 12.6. The highest BCUT2D eigenvalue weighted by Crippen LogP contribution is 2.27. The van der Waals surface area contributed by atoms with Gasteiger partial charge in [0.1, 0.15) is 4.88 Å². The molecule has 116 valence electrons. The molecule has 0 spiro atoms. The Morgan fingerprint density at radius 3 is 2.81 bits per heavy atom. The van der Waals surface area contributed by atoms with E-state index in [1.807, 2.05) is 11.8 Å². The molecule has 3 heterocycles. The van der Waals surface area contributed by atoms with E-state index in [4.69, 9.17) is 0 Å². The molecule has 2 aliphatic heterocycles. The summed E-state index contributed by atoms with van der Waals surface area (Å²) in [7, 11) is 0. The lowest BCUT2D eigenvalue weighted by molar-refractivity contribution is 0.00233. The van der Waals surface area contributed by atoms with Crippen LogP contribution >= 0.6 is 11.3 Å². The summed E-state index contributed by atoms with van der Waals surface area (Å²) in [6.07, 6.45) is 4.81. The number of thiazole rings is 1. The molecule has 2 aliphatic rings. The standard InChI is InChI=1S/C16H25N3OS/c1-4-14-15(21-12(3)17-14)16(20)18-9-13(10-18)19-8-6-5-7-11(19)2/h11,13H,4-10H2,1-3H3. The van der Waals surface area contributed by atoms with Crippen molar-refractivity contribution in [1.29, 1.82) is 0 Å². The van der Waals surface area contributed by atoms with Crippen LogP contribution in [0.15, 0.2) is 0 Å². The predicted molar refractivity (Wildman–Crippen MR) is 85.9 cm³/mol.